The zero-order valence-corrected chi connectivity index (χ0v) is 9.62. The highest BCUT2D eigenvalue weighted by molar-refractivity contribution is 7.89. The predicted molar refractivity (Wildman–Crippen MR) is 63.3 cm³/mol. The fraction of sp³-hybridized carbons (Fsp3) is 0. The molecule has 17 heavy (non-hydrogen) atoms. The van der Waals surface area contributed by atoms with Crippen LogP contribution in [0.1, 0.15) is 0 Å². The number of rotatable bonds is 3. The van der Waals surface area contributed by atoms with E-state index in [0.717, 1.165) is 16.1 Å². The van der Waals surface area contributed by atoms with Crippen LogP contribution in [-0.2, 0) is 10.0 Å². The molecule has 0 saturated carbocycles. The molecule has 0 radical (unpaired) electrons. The molecule has 0 unspecified atom stereocenters. The summed E-state index contributed by atoms with van der Waals surface area (Å²) in [5.74, 6) is 0. The van der Waals surface area contributed by atoms with Crippen LogP contribution < -0.4 is 4.94 Å². The van der Waals surface area contributed by atoms with E-state index in [4.69, 9.17) is 0 Å². The quantitative estimate of drug-likeness (QED) is 0.852. The molecule has 3 nitrogen and oxygen atoms in total. The summed E-state index contributed by atoms with van der Waals surface area (Å²) in [6.45, 7) is 0. The summed E-state index contributed by atoms with van der Waals surface area (Å²) in [6.07, 6.45) is 0. The molecule has 0 aromatic heterocycles. The van der Waals surface area contributed by atoms with Crippen molar-refractivity contribution in [1.82, 2.24) is 4.94 Å². The van der Waals surface area contributed by atoms with Gasteiger partial charge in [-0.3, -0.25) is 0 Å². The van der Waals surface area contributed by atoms with E-state index in [2.05, 4.69) is 0 Å². The van der Waals surface area contributed by atoms with Crippen LogP contribution in [0.2, 0.25) is 0 Å². The largest absolute Gasteiger partial charge is 0.266 e. The van der Waals surface area contributed by atoms with Crippen molar-refractivity contribution in [3.05, 3.63) is 54.6 Å². The van der Waals surface area contributed by atoms with E-state index in [-0.39, 0.29) is 4.90 Å². The summed E-state index contributed by atoms with van der Waals surface area (Å²) in [4.78, 5) is 0.692. The maximum atomic E-state index is 12.0. The molecule has 0 atom stereocenters. The molecule has 0 bridgehead atoms. The van der Waals surface area contributed by atoms with Gasteiger partial charge in [0.1, 0.15) is 0 Å². The van der Waals surface area contributed by atoms with Crippen LogP contribution in [0.15, 0.2) is 59.5 Å². The average Bonchev–Trinajstić information content (AvgIpc) is 2.40. The Kier molecular flexibility index (Phi) is 3.21. The van der Waals surface area contributed by atoms with Crippen molar-refractivity contribution in [2.75, 3.05) is 0 Å². The predicted octanol–water partition coefficient (Wildman–Crippen LogP) is 2.52. The number of nitrogens with one attached hydrogen (secondary N) is 1. The first-order valence-corrected chi connectivity index (χ1v) is 6.40. The van der Waals surface area contributed by atoms with E-state index in [1.54, 1.807) is 12.1 Å². The second kappa shape index (κ2) is 4.65. The van der Waals surface area contributed by atoms with Gasteiger partial charge in [-0.2, -0.15) is 0 Å². The van der Waals surface area contributed by atoms with Gasteiger partial charge in [-0.1, -0.05) is 42.5 Å². The Labute approximate surface area is 98.9 Å². The molecule has 2 aromatic rings. The van der Waals surface area contributed by atoms with Crippen LogP contribution in [0.4, 0.5) is 4.48 Å². The summed E-state index contributed by atoms with van der Waals surface area (Å²) in [5, 5.41) is 0. The first kappa shape index (κ1) is 11.8. The number of benzene rings is 2. The van der Waals surface area contributed by atoms with E-state index in [9.17, 15) is 12.9 Å². The summed E-state index contributed by atoms with van der Waals surface area (Å²) < 4.78 is 34.4. The molecule has 0 amide bonds. The van der Waals surface area contributed by atoms with Gasteiger partial charge < -0.3 is 0 Å². The van der Waals surface area contributed by atoms with Gasteiger partial charge in [-0.25, -0.2) is 8.42 Å². The zero-order valence-electron chi connectivity index (χ0n) is 8.80. The Balaban J connectivity index is 2.38. The Bertz CT molecular complexity index is 594. The van der Waals surface area contributed by atoms with Gasteiger partial charge in [0.15, 0.2) is 0 Å². The van der Waals surface area contributed by atoms with E-state index >= 15 is 0 Å². The van der Waals surface area contributed by atoms with Crippen LogP contribution in [0.3, 0.4) is 0 Å². The maximum absolute atomic E-state index is 12.0. The lowest BCUT2D eigenvalue weighted by atomic mass is 10.1. The Morgan fingerprint density at radius 3 is 1.88 bits per heavy atom. The molecule has 0 saturated heterocycles. The van der Waals surface area contributed by atoms with Crippen molar-refractivity contribution in [3.8, 4) is 11.1 Å². The van der Waals surface area contributed by atoms with Gasteiger partial charge >= 0.3 is 0 Å². The highest BCUT2D eigenvalue weighted by Gasteiger charge is 2.12. The standard InChI is InChI=1S/C12H10FNO2S/c13-14-17(15,16)12-8-6-11(7-9-12)10-4-2-1-3-5-10/h1-9,14H. The SMILES string of the molecule is O=S(=O)(NF)c1ccc(-c2ccccc2)cc1. The molecule has 5 heteroatoms. The third-order valence-electron chi connectivity index (χ3n) is 2.37. The van der Waals surface area contributed by atoms with Crippen molar-refractivity contribution in [2.24, 2.45) is 0 Å². The Morgan fingerprint density at radius 1 is 0.824 bits per heavy atom. The number of halogens is 1. The number of hydrogen-bond donors (Lipinski definition) is 1. The second-order valence-corrected chi connectivity index (χ2v) is 5.10. The fourth-order valence-corrected chi connectivity index (χ4v) is 2.09. The van der Waals surface area contributed by atoms with Gasteiger partial charge in [0, 0.05) is 0 Å². The average molecular weight is 251 g/mol. The summed E-state index contributed by atoms with van der Waals surface area (Å²) in [7, 11) is -4.01. The summed E-state index contributed by atoms with van der Waals surface area (Å²) in [5.41, 5.74) is 1.85. The zero-order chi connectivity index (χ0) is 12.3. The van der Waals surface area contributed by atoms with Crippen LogP contribution in [0, 0.1) is 0 Å². The summed E-state index contributed by atoms with van der Waals surface area (Å²) >= 11 is 0. The molecule has 0 aliphatic carbocycles. The lowest BCUT2D eigenvalue weighted by Gasteiger charge is -2.03. The van der Waals surface area contributed by atoms with E-state index in [1.165, 1.54) is 12.1 Å². The Hall–Kier alpha value is -1.72. The topological polar surface area (TPSA) is 46.2 Å². The maximum Gasteiger partial charge on any atom is 0.266 e. The molecule has 0 aliphatic rings. The third kappa shape index (κ3) is 2.51. The normalized spacial score (nSPS) is 11.4. The lowest BCUT2D eigenvalue weighted by Crippen LogP contribution is -2.14. The van der Waals surface area contributed by atoms with Gasteiger partial charge in [-0.05, 0) is 28.2 Å². The Morgan fingerprint density at radius 2 is 1.35 bits per heavy atom. The van der Waals surface area contributed by atoms with Crippen LogP contribution in [0.25, 0.3) is 11.1 Å². The van der Waals surface area contributed by atoms with E-state index in [0.29, 0.717) is 0 Å². The van der Waals surface area contributed by atoms with Crippen LogP contribution >= 0.6 is 0 Å². The first-order valence-electron chi connectivity index (χ1n) is 4.91. The fourth-order valence-electron chi connectivity index (χ4n) is 1.50. The minimum absolute atomic E-state index is 0.0975. The van der Waals surface area contributed by atoms with Gasteiger partial charge in [0.25, 0.3) is 10.0 Å². The van der Waals surface area contributed by atoms with Gasteiger partial charge in [-0.15, -0.1) is 4.48 Å². The molecule has 0 fully saturated rings. The third-order valence-corrected chi connectivity index (χ3v) is 3.47. The monoisotopic (exact) mass is 251 g/mol. The first-order chi connectivity index (χ1) is 8.13. The van der Waals surface area contributed by atoms with E-state index in [1.807, 2.05) is 30.3 Å². The number of hydrogen-bond acceptors (Lipinski definition) is 2. The molecule has 88 valence electrons. The molecule has 0 heterocycles. The van der Waals surface area contributed by atoms with Crippen molar-refractivity contribution in [2.45, 2.75) is 4.90 Å². The van der Waals surface area contributed by atoms with E-state index < -0.39 is 10.0 Å². The summed E-state index contributed by atoms with van der Waals surface area (Å²) in [6, 6.07) is 15.5. The molecule has 2 rings (SSSR count). The smallest absolute Gasteiger partial charge is 0.205 e. The highest BCUT2D eigenvalue weighted by atomic mass is 32.2. The minimum atomic E-state index is -4.01. The molecular weight excluding hydrogens is 241 g/mol. The molecule has 1 N–H and O–H groups in total. The molecular formula is C12H10FNO2S. The van der Waals surface area contributed by atoms with Gasteiger partial charge in [0.2, 0.25) is 0 Å². The van der Waals surface area contributed by atoms with Crippen molar-refractivity contribution in [3.63, 3.8) is 0 Å². The molecule has 0 spiro atoms. The van der Waals surface area contributed by atoms with Crippen molar-refractivity contribution < 1.29 is 12.9 Å². The minimum Gasteiger partial charge on any atom is -0.205 e. The lowest BCUT2D eigenvalue weighted by molar-refractivity contribution is 0.425. The van der Waals surface area contributed by atoms with Crippen molar-refractivity contribution >= 4 is 10.0 Å². The van der Waals surface area contributed by atoms with Crippen LogP contribution in [-0.4, -0.2) is 8.42 Å². The highest BCUT2D eigenvalue weighted by Crippen LogP contribution is 2.20. The van der Waals surface area contributed by atoms with Gasteiger partial charge in [0.05, 0.1) is 4.90 Å². The van der Waals surface area contributed by atoms with Crippen LogP contribution in [0.5, 0.6) is 0 Å². The van der Waals surface area contributed by atoms with Crippen molar-refractivity contribution in [1.29, 1.82) is 0 Å². The second-order valence-electron chi connectivity index (χ2n) is 3.47. The molecule has 2 aromatic carbocycles. The molecule has 0 aliphatic heterocycles. The number of sulfonamides is 1.